The predicted molar refractivity (Wildman–Crippen MR) is 122 cm³/mol. The van der Waals surface area contributed by atoms with Gasteiger partial charge in [-0.1, -0.05) is 23.8 Å². The molecule has 2 N–H and O–H groups in total. The van der Waals surface area contributed by atoms with E-state index < -0.39 is 35.2 Å². The van der Waals surface area contributed by atoms with E-state index in [1.165, 1.54) is 31.4 Å². The fourth-order valence-corrected chi connectivity index (χ4v) is 4.03. The number of phenols is 1. The molecule has 35 heavy (non-hydrogen) atoms. The van der Waals surface area contributed by atoms with Crippen molar-refractivity contribution in [1.29, 1.82) is 0 Å². The molecule has 0 aliphatic carbocycles. The number of methoxy groups -OCH3 is 1. The smallest absolute Gasteiger partial charge is 0.416 e. The highest BCUT2D eigenvalue weighted by atomic mass is 19.4. The standard InChI is InChI=1S/C26H20F3NO5/c1-14-3-12-20(35-2)19(13-14)23(32)21-22(15-4-10-18(31)11-5-15)30(25(34)24(21)33)17-8-6-16(7-9-17)26(27,28)29/h3-13,22,31-32H,1-2H3/b23-21+. The lowest BCUT2D eigenvalue weighted by atomic mass is 9.94. The number of ketones is 1. The van der Waals surface area contributed by atoms with E-state index in [4.69, 9.17) is 4.74 Å². The highest BCUT2D eigenvalue weighted by Gasteiger charge is 2.47. The van der Waals surface area contributed by atoms with Gasteiger partial charge in [-0.2, -0.15) is 13.2 Å². The van der Waals surface area contributed by atoms with Gasteiger partial charge in [-0.3, -0.25) is 14.5 Å². The summed E-state index contributed by atoms with van der Waals surface area (Å²) in [6.07, 6.45) is -4.58. The molecule has 0 saturated carbocycles. The minimum Gasteiger partial charge on any atom is -0.508 e. The van der Waals surface area contributed by atoms with Crippen LogP contribution < -0.4 is 9.64 Å². The van der Waals surface area contributed by atoms with Gasteiger partial charge < -0.3 is 14.9 Å². The van der Waals surface area contributed by atoms with Gasteiger partial charge in [0.05, 0.1) is 29.9 Å². The van der Waals surface area contributed by atoms with Crippen molar-refractivity contribution in [3.05, 3.63) is 94.6 Å². The number of ether oxygens (including phenoxy) is 1. The number of rotatable bonds is 4. The number of carbonyl (C=O) groups is 2. The van der Waals surface area contributed by atoms with E-state index in [2.05, 4.69) is 0 Å². The average molecular weight is 483 g/mol. The molecule has 1 aliphatic heterocycles. The predicted octanol–water partition coefficient (Wildman–Crippen LogP) is 5.35. The van der Waals surface area contributed by atoms with Crippen molar-refractivity contribution in [2.75, 3.05) is 12.0 Å². The van der Waals surface area contributed by atoms with Gasteiger partial charge in [-0.05, 0) is 61.0 Å². The van der Waals surface area contributed by atoms with E-state index in [1.54, 1.807) is 25.1 Å². The molecule has 4 rings (SSSR count). The molecule has 180 valence electrons. The summed E-state index contributed by atoms with van der Waals surface area (Å²) >= 11 is 0. The van der Waals surface area contributed by atoms with Gasteiger partial charge in [0, 0.05) is 5.69 Å². The van der Waals surface area contributed by atoms with Gasteiger partial charge in [0.15, 0.2) is 0 Å². The number of alkyl halides is 3. The van der Waals surface area contributed by atoms with Crippen LogP contribution in [0.1, 0.15) is 28.3 Å². The fourth-order valence-electron chi connectivity index (χ4n) is 4.03. The molecule has 0 bridgehead atoms. The lowest BCUT2D eigenvalue weighted by molar-refractivity contribution is -0.137. The Morgan fingerprint density at radius 2 is 1.60 bits per heavy atom. The van der Waals surface area contributed by atoms with Crippen LogP contribution in [-0.2, 0) is 15.8 Å². The van der Waals surface area contributed by atoms with Crippen molar-refractivity contribution in [3.8, 4) is 11.5 Å². The Morgan fingerprint density at radius 3 is 2.17 bits per heavy atom. The number of phenolic OH excluding ortho intramolecular Hbond substituents is 1. The molecule has 0 spiro atoms. The van der Waals surface area contributed by atoms with Crippen LogP contribution in [0.15, 0.2) is 72.3 Å². The molecular formula is C26H20F3NO5. The molecule has 1 atom stereocenters. The molecule has 0 aromatic heterocycles. The minimum atomic E-state index is -4.58. The van der Waals surface area contributed by atoms with E-state index in [9.17, 15) is 33.0 Å². The van der Waals surface area contributed by atoms with Crippen molar-refractivity contribution >= 4 is 23.1 Å². The normalized spacial score (nSPS) is 17.6. The molecule has 1 saturated heterocycles. The lowest BCUT2D eigenvalue weighted by Gasteiger charge is -2.26. The number of carbonyl (C=O) groups excluding carboxylic acids is 2. The van der Waals surface area contributed by atoms with E-state index in [0.717, 1.165) is 34.7 Å². The second kappa shape index (κ2) is 8.83. The third kappa shape index (κ3) is 4.32. The molecular weight excluding hydrogens is 463 g/mol. The number of aromatic hydroxyl groups is 1. The quantitative estimate of drug-likeness (QED) is 0.297. The van der Waals surface area contributed by atoms with Crippen LogP contribution in [0.5, 0.6) is 11.5 Å². The Kier molecular flexibility index (Phi) is 6.02. The summed E-state index contributed by atoms with van der Waals surface area (Å²) in [5, 5.41) is 21.0. The molecule has 9 heteroatoms. The van der Waals surface area contributed by atoms with Gasteiger partial charge in [-0.15, -0.1) is 0 Å². The number of amides is 1. The molecule has 1 fully saturated rings. The van der Waals surface area contributed by atoms with Crippen LogP contribution in [0, 0.1) is 6.92 Å². The number of benzene rings is 3. The molecule has 1 amide bonds. The van der Waals surface area contributed by atoms with Crippen molar-refractivity contribution in [3.63, 3.8) is 0 Å². The number of aliphatic hydroxyl groups excluding tert-OH is 1. The second-order valence-corrected chi connectivity index (χ2v) is 8.01. The maximum absolute atomic E-state index is 13.2. The maximum Gasteiger partial charge on any atom is 0.416 e. The highest BCUT2D eigenvalue weighted by molar-refractivity contribution is 6.51. The first-order valence-corrected chi connectivity index (χ1v) is 10.4. The summed E-state index contributed by atoms with van der Waals surface area (Å²) in [6.45, 7) is 1.77. The Hall–Kier alpha value is -4.27. The summed E-state index contributed by atoms with van der Waals surface area (Å²) in [5.74, 6) is -2.32. The first kappa shape index (κ1) is 23.9. The molecule has 0 radical (unpaired) electrons. The number of nitrogens with zero attached hydrogens (tertiary/aromatic N) is 1. The van der Waals surface area contributed by atoms with E-state index >= 15 is 0 Å². The first-order chi connectivity index (χ1) is 16.5. The zero-order chi connectivity index (χ0) is 25.5. The second-order valence-electron chi connectivity index (χ2n) is 8.01. The molecule has 6 nitrogen and oxygen atoms in total. The molecule has 3 aromatic rings. The van der Waals surface area contributed by atoms with Gasteiger partial charge >= 0.3 is 6.18 Å². The van der Waals surface area contributed by atoms with E-state index in [-0.39, 0.29) is 28.3 Å². The SMILES string of the molecule is COc1ccc(C)cc1/C(O)=C1\C(=O)C(=O)N(c2ccc(C(F)(F)F)cc2)C1c1ccc(O)cc1. The summed E-state index contributed by atoms with van der Waals surface area (Å²) in [4.78, 5) is 27.4. The summed E-state index contributed by atoms with van der Waals surface area (Å²) in [6, 6.07) is 13.2. The topological polar surface area (TPSA) is 87.1 Å². The van der Waals surface area contributed by atoms with Crippen molar-refractivity contribution in [1.82, 2.24) is 0 Å². The third-order valence-corrected chi connectivity index (χ3v) is 5.74. The molecule has 1 heterocycles. The molecule has 1 aliphatic rings. The van der Waals surface area contributed by atoms with E-state index in [0.29, 0.717) is 5.56 Å². The van der Waals surface area contributed by atoms with Crippen molar-refractivity contribution in [2.24, 2.45) is 0 Å². The summed E-state index contributed by atoms with van der Waals surface area (Å²) in [7, 11) is 1.39. The number of aliphatic hydroxyl groups is 1. The lowest BCUT2D eigenvalue weighted by Crippen LogP contribution is -2.29. The Labute approximate surface area is 198 Å². The number of hydrogen-bond acceptors (Lipinski definition) is 5. The van der Waals surface area contributed by atoms with Gasteiger partial charge in [0.2, 0.25) is 0 Å². The van der Waals surface area contributed by atoms with E-state index in [1.807, 2.05) is 0 Å². The van der Waals surface area contributed by atoms with Crippen LogP contribution >= 0.6 is 0 Å². The highest BCUT2D eigenvalue weighted by Crippen LogP contribution is 2.44. The third-order valence-electron chi connectivity index (χ3n) is 5.74. The largest absolute Gasteiger partial charge is 0.508 e. The molecule has 1 unspecified atom stereocenters. The summed E-state index contributed by atoms with van der Waals surface area (Å²) in [5.41, 5.74) is 0.156. The number of Topliss-reactive ketones (excluding diaryl/α,β-unsaturated/α-hetero) is 1. The summed E-state index contributed by atoms with van der Waals surface area (Å²) < 4.78 is 44.5. The minimum absolute atomic E-state index is 0.0356. The number of halogens is 3. The van der Waals surface area contributed by atoms with Crippen LogP contribution in [0.2, 0.25) is 0 Å². The van der Waals surface area contributed by atoms with Gasteiger partial charge in [-0.25, -0.2) is 0 Å². The maximum atomic E-state index is 13.2. The van der Waals surface area contributed by atoms with Gasteiger partial charge in [0.25, 0.3) is 11.7 Å². The monoisotopic (exact) mass is 483 g/mol. The average Bonchev–Trinajstić information content (AvgIpc) is 3.09. The van der Waals surface area contributed by atoms with Crippen LogP contribution in [0.25, 0.3) is 5.76 Å². The van der Waals surface area contributed by atoms with Crippen LogP contribution in [0.4, 0.5) is 18.9 Å². The fraction of sp³-hybridized carbons (Fsp3) is 0.154. The Morgan fingerprint density at radius 1 is 0.971 bits per heavy atom. The van der Waals surface area contributed by atoms with Crippen molar-refractivity contribution < 1.29 is 37.7 Å². The number of aryl methyl sites for hydroxylation is 1. The van der Waals surface area contributed by atoms with Gasteiger partial charge in [0.1, 0.15) is 17.3 Å². The number of anilines is 1. The van der Waals surface area contributed by atoms with Crippen LogP contribution in [0.3, 0.4) is 0 Å². The first-order valence-electron chi connectivity index (χ1n) is 10.4. The van der Waals surface area contributed by atoms with Crippen molar-refractivity contribution in [2.45, 2.75) is 19.1 Å². The molecule has 3 aromatic carbocycles. The van der Waals surface area contributed by atoms with Crippen LogP contribution in [-0.4, -0.2) is 29.0 Å². The zero-order valence-corrected chi connectivity index (χ0v) is 18.6. The zero-order valence-electron chi connectivity index (χ0n) is 18.6. The Bertz CT molecular complexity index is 1330. The number of hydrogen-bond donors (Lipinski definition) is 2. The Balaban J connectivity index is 1.94.